The molecule has 0 saturated heterocycles. The second-order valence-electron chi connectivity index (χ2n) is 8.97. The number of fused-ring (bicyclic) bond motifs is 1. The maximum Gasteiger partial charge on any atom is 0.155 e. The first-order chi connectivity index (χ1) is 18.5. The summed E-state index contributed by atoms with van der Waals surface area (Å²) in [4.78, 5) is 17.2. The fraction of sp³-hybridized carbons (Fsp3) is 0.103. The molecule has 7 nitrogen and oxygen atoms in total. The second-order valence-corrected chi connectivity index (χ2v) is 8.97. The standard InChI is InChI=1S/C29H23F2N7.H2/c1-18-5-4-8-25(35-18)29-28(20-9-10-27-33-17-34-38(27)16-20)36-26(37-29)15-32-14-19-6-2-3-7-24(19)21-11-22(30)13-23(31)12-21;/h2-13,16-17,32H,14-15H2,1H3,(H,36,37);1H. The van der Waals surface area contributed by atoms with Crippen molar-refractivity contribution in [2.24, 2.45) is 0 Å². The molecule has 4 heterocycles. The van der Waals surface area contributed by atoms with E-state index in [1.165, 1.54) is 18.5 Å². The Balaban J connectivity index is 0.00000308. The number of H-pyrrole nitrogens is 1. The molecular formula is C29H25F2N7. The highest BCUT2D eigenvalue weighted by Crippen LogP contribution is 2.30. The van der Waals surface area contributed by atoms with E-state index < -0.39 is 11.6 Å². The highest BCUT2D eigenvalue weighted by molar-refractivity contribution is 5.77. The minimum absolute atomic E-state index is 0. The van der Waals surface area contributed by atoms with Crippen LogP contribution >= 0.6 is 0 Å². The van der Waals surface area contributed by atoms with E-state index in [0.29, 0.717) is 18.7 Å². The fourth-order valence-corrected chi connectivity index (χ4v) is 4.52. The number of pyridine rings is 2. The van der Waals surface area contributed by atoms with Gasteiger partial charge >= 0.3 is 0 Å². The summed E-state index contributed by atoms with van der Waals surface area (Å²) in [6, 6.07) is 20.8. The molecule has 6 aromatic rings. The smallest absolute Gasteiger partial charge is 0.155 e. The number of nitrogens with zero attached hydrogens (tertiary/aromatic N) is 5. The van der Waals surface area contributed by atoms with Gasteiger partial charge in [-0.15, -0.1) is 0 Å². The van der Waals surface area contributed by atoms with Crippen LogP contribution in [0.15, 0.2) is 85.3 Å². The average Bonchev–Trinajstić information content (AvgIpc) is 3.55. The van der Waals surface area contributed by atoms with Crippen LogP contribution in [0.5, 0.6) is 0 Å². The van der Waals surface area contributed by atoms with Crippen LogP contribution in [-0.2, 0) is 13.1 Å². The lowest BCUT2D eigenvalue weighted by molar-refractivity contribution is 0.584. The quantitative estimate of drug-likeness (QED) is 0.277. The van der Waals surface area contributed by atoms with Gasteiger partial charge in [-0.3, -0.25) is 4.98 Å². The minimum Gasteiger partial charge on any atom is -0.339 e. The van der Waals surface area contributed by atoms with E-state index in [9.17, 15) is 8.78 Å². The molecule has 6 rings (SSSR count). The van der Waals surface area contributed by atoms with E-state index in [1.807, 2.05) is 67.7 Å². The molecule has 0 unspecified atom stereocenters. The van der Waals surface area contributed by atoms with Crippen LogP contribution in [0, 0.1) is 18.6 Å². The van der Waals surface area contributed by atoms with Gasteiger partial charge in [0.2, 0.25) is 0 Å². The number of rotatable bonds is 7. The number of hydrogen-bond acceptors (Lipinski definition) is 5. The highest BCUT2D eigenvalue weighted by Gasteiger charge is 2.17. The average molecular weight is 510 g/mol. The molecule has 9 heteroatoms. The molecule has 38 heavy (non-hydrogen) atoms. The van der Waals surface area contributed by atoms with E-state index in [0.717, 1.165) is 57.0 Å². The summed E-state index contributed by atoms with van der Waals surface area (Å²) in [7, 11) is 0. The summed E-state index contributed by atoms with van der Waals surface area (Å²) >= 11 is 0. The summed E-state index contributed by atoms with van der Waals surface area (Å²) in [5.41, 5.74) is 7.06. The van der Waals surface area contributed by atoms with Gasteiger partial charge in [0, 0.05) is 31.5 Å². The third-order valence-electron chi connectivity index (χ3n) is 6.24. The monoisotopic (exact) mass is 509 g/mol. The maximum atomic E-state index is 13.8. The van der Waals surface area contributed by atoms with Crippen molar-refractivity contribution in [2.45, 2.75) is 20.0 Å². The Hall–Kier alpha value is -4.76. The van der Waals surface area contributed by atoms with Crippen LogP contribution in [0.3, 0.4) is 0 Å². The Bertz CT molecular complexity index is 1740. The summed E-state index contributed by atoms with van der Waals surface area (Å²) in [5.74, 6) is -0.481. The number of halogens is 2. The van der Waals surface area contributed by atoms with E-state index in [-0.39, 0.29) is 1.43 Å². The molecule has 0 bridgehead atoms. The number of aromatic nitrogens is 6. The second kappa shape index (κ2) is 9.95. The number of nitrogens with one attached hydrogen (secondary N) is 2. The summed E-state index contributed by atoms with van der Waals surface area (Å²) in [6.07, 6.45) is 3.40. The van der Waals surface area contributed by atoms with Gasteiger partial charge in [0.05, 0.1) is 23.6 Å². The van der Waals surface area contributed by atoms with Gasteiger partial charge < -0.3 is 10.3 Å². The van der Waals surface area contributed by atoms with Crippen molar-refractivity contribution in [3.8, 4) is 33.8 Å². The Morgan fingerprint density at radius 3 is 2.58 bits per heavy atom. The van der Waals surface area contributed by atoms with Crippen molar-refractivity contribution in [1.29, 1.82) is 0 Å². The molecule has 0 spiro atoms. The van der Waals surface area contributed by atoms with Gasteiger partial charge in [-0.1, -0.05) is 30.3 Å². The Morgan fingerprint density at radius 1 is 0.895 bits per heavy atom. The largest absolute Gasteiger partial charge is 0.339 e. The maximum absolute atomic E-state index is 13.8. The molecule has 2 N–H and O–H groups in total. The zero-order valence-corrected chi connectivity index (χ0v) is 20.5. The van der Waals surface area contributed by atoms with E-state index >= 15 is 0 Å². The van der Waals surface area contributed by atoms with Crippen LogP contribution in [0.25, 0.3) is 39.4 Å². The van der Waals surface area contributed by atoms with Crippen LogP contribution in [-0.4, -0.2) is 29.5 Å². The SMILES string of the molecule is Cc1cccc(-c2[nH]c(CNCc3ccccc3-c3cc(F)cc(F)c3)nc2-c2ccc3ncnn3c2)n1.[HH]. The molecule has 0 atom stereocenters. The van der Waals surface area contributed by atoms with Crippen molar-refractivity contribution >= 4 is 5.65 Å². The summed E-state index contributed by atoms with van der Waals surface area (Å²) < 4.78 is 29.4. The fourth-order valence-electron chi connectivity index (χ4n) is 4.52. The molecule has 2 aromatic carbocycles. The number of benzene rings is 2. The van der Waals surface area contributed by atoms with Crippen LogP contribution in [0.2, 0.25) is 0 Å². The first kappa shape index (κ1) is 23.6. The molecule has 4 aromatic heterocycles. The van der Waals surface area contributed by atoms with Gasteiger partial charge in [-0.05, 0) is 60.0 Å². The van der Waals surface area contributed by atoms with Gasteiger partial charge in [0.15, 0.2) is 5.65 Å². The molecule has 190 valence electrons. The number of hydrogen-bond donors (Lipinski definition) is 2. The molecule has 0 radical (unpaired) electrons. The summed E-state index contributed by atoms with van der Waals surface area (Å²) in [6.45, 7) is 2.87. The van der Waals surface area contributed by atoms with Crippen LogP contribution in [0.4, 0.5) is 8.78 Å². The Morgan fingerprint density at radius 2 is 1.74 bits per heavy atom. The van der Waals surface area contributed by atoms with Crippen LogP contribution in [0.1, 0.15) is 18.5 Å². The molecule has 0 aliphatic carbocycles. The first-order valence-electron chi connectivity index (χ1n) is 12.1. The van der Waals surface area contributed by atoms with Gasteiger partial charge in [-0.25, -0.2) is 23.3 Å². The molecule has 0 aliphatic rings. The third kappa shape index (κ3) is 4.79. The Labute approximate surface area is 218 Å². The highest BCUT2D eigenvalue weighted by atomic mass is 19.1. The van der Waals surface area contributed by atoms with E-state index in [4.69, 9.17) is 9.97 Å². The third-order valence-corrected chi connectivity index (χ3v) is 6.24. The first-order valence-corrected chi connectivity index (χ1v) is 12.1. The van der Waals surface area contributed by atoms with Crippen molar-refractivity contribution < 1.29 is 10.2 Å². The topological polar surface area (TPSA) is 83.8 Å². The van der Waals surface area contributed by atoms with Gasteiger partial charge in [0.25, 0.3) is 0 Å². The molecule has 0 saturated carbocycles. The normalized spacial score (nSPS) is 11.3. The molecule has 0 fully saturated rings. The van der Waals surface area contributed by atoms with Crippen LogP contribution < -0.4 is 5.32 Å². The number of imidazole rings is 1. The van der Waals surface area contributed by atoms with Crippen molar-refractivity contribution in [2.75, 3.05) is 0 Å². The predicted molar refractivity (Wildman–Crippen MR) is 143 cm³/mol. The number of aromatic amines is 1. The molecular weight excluding hydrogens is 484 g/mol. The number of aryl methyl sites for hydroxylation is 1. The minimum atomic E-state index is -0.604. The lowest BCUT2D eigenvalue weighted by atomic mass is 9.99. The molecule has 0 amide bonds. The lowest BCUT2D eigenvalue weighted by Gasteiger charge is -2.11. The van der Waals surface area contributed by atoms with E-state index in [2.05, 4.69) is 20.4 Å². The van der Waals surface area contributed by atoms with E-state index in [1.54, 1.807) is 4.52 Å². The zero-order chi connectivity index (χ0) is 26.1. The lowest BCUT2D eigenvalue weighted by Crippen LogP contribution is -2.14. The predicted octanol–water partition coefficient (Wildman–Crippen LogP) is 5.97. The molecule has 0 aliphatic heterocycles. The Kier molecular flexibility index (Phi) is 6.19. The van der Waals surface area contributed by atoms with Gasteiger partial charge in [-0.2, -0.15) is 5.10 Å². The van der Waals surface area contributed by atoms with Crippen molar-refractivity contribution in [1.82, 2.24) is 34.9 Å². The van der Waals surface area contributed by atoms with Gasteiger partial charge in [0.1, 0.15) is 23.8 Å². The van der Waals surface area contributed by atoms with Crippen molar-refractivity contribution in [3.05, 3.63) is 114 Å². The summed E-state index contributed by atoms with van der Waals surface area (Å²) in [5, 5.41) is 7.66. The zero-order valence-electron chi connectivity index (χ0n) is 20.5. The van der Waals surface area contributed by atoms with Crippen molar-refractivity contribution in [3.63, 3.8) is 0 Å².